The first-order valence-corrected chi connectivity index (χ1v) is 7.39. The average molecular weight is 295 g/mol. The van der Waals surface area contributed by atoms with Crippen molar-refractivity contribution in [3.63, 3.8) is 0 Å². The lowest BCUT2D eigenvalue weighted by Gasteiger charge is -2.04. The molecule has 1 aromatic heterocycles. The van der Waals surface area contributed by atoms with Gasteiger partial charge in [-0.05, 0) is 12.3 Å². The number of amides is 2. The largest absolute Gasteiger partial charge is 0.355 e. The molecular formula is C13H17N3O3S. The van der Waals surface area contributed by atoms with Gasteiger partial charge in [0.15, 0.2) is 10.9 Å². The van der Waals surface area contributed by atoms with Crippen LogP contribution in [0.4, 0.5) is 5.13 Å². The summed E-state index contributed by atoms with van der Waals surface area (Å²) in [6.07, 6.45) is 1.13. The van der Waals surface area contributed by atoms with Gasteiger partial charge in [-0.25, -0.2) is 4.98 Å². The first-order chi connectivity index (χ1) is 9.47. The van der Waals surface area contributed by atoms with Crippen LogP contribution in [-0.4, -0.2) is 29.1 Å². The maximum absolute atomic E-state index is 11.6. The summed E-state index contributed by atoms with van der Waals surface area (Å²) in [6.45, 7) is 3.78. The van der Waals surface area contributed by atoms with Crippen LogP contribution in [0.5, 0.6) is 0 Å². The molecule has 1 aliphatic carbocycles. The number of carbonyl (C=O) groups excluding carboxylic acids is 3. The van der Waals surface area contributed by atoms with E-state index in [-0.39, 0.29) is 29.9 Å². The number of carbonyl (C=O) groups is 3. The highest BCUT2D eigenvalue weighted by molar-refractivity contribution is 7.14. The zero-order chi connectivity index (χ0) is 14.7. The van der Waals surface area contributed by atoms with Crippen molar-refractivity contribution in [1.29, 1.82) is 0 Å². The smallest absolute Gasteiger partial charge is 0.227 e. The Hall–Kier alpha value is -1.76. The van der Waals surface area contributed by atoms with Gasteiger partial charge in [0.1, 0.15) is 5.69 Å². The third-order valence-electron chi connectivity index (χ3n) is 3.21. The average Bonchev–Trinajstić information content (AvgIpc) is 2.92. The Balaban J connectivity index is 1.69. The lowest BCUT2D eigenvalue weighted by atomic mass is 10.3. The fourth-order valence-corrected chi connectivity index (χ4v) is 2.56. The van der Waals surface area contributed by atoms with Crippen LogP contribution >= 0.6 is 11.3 Å². The van der Waals surface area contributed by atoms with Gasteiger partial charge < -0.3 is 10.6 Å². The van der Waals surface area contributed by atoms with Crippen molar-refractivity contribution in [1.82, 2.24) is 10.3 Å². The number of thiazole rings is 1. The molecule has 1 saturated carbocycles. The number of nitrogens with zero attached hydrogens (tertiary/aromatic N) is 1. The van der Waals surface area contributed by atoms with E-state index in [9.17, 15) is 14.4 Å². The topological polar surface area (TPSA) is 88.2 Å². The number of aromatic nitrogens is 1. The van der Waals surface area contributed by atoms with Crippen LogP contribution in [0.15, 0.2) is 5.38 Å². The molecule has 1 fully saturated rings. The van der Waals surface area contributed by atoms with E-state index >= 15 is 0 Å². The van der Waals surface area contributed by atoms with Crippen LogP contribution < -0.4 is 10.6 Å². The second-order valence-electron chi connectivity index (χ2n) is 5.00. The maximum Gasteiger partial charge on any atom is 0.227 e. The van der Waals surface area contributed by atoms with E-state index in [4.69, 9.17) is 0 Å². The summed E-state index contributed by atoms with van der Waals surface area (Å²) in [4.78, 5) is 38.2. The number of nitrogens with one attached hydrogen (secondary N) is 2. The molecule has 1 heterocycles. The maximum atomic E-state index is 11.6. The van der Waals surface area contributed by atoms with E-state index in [1.807, 2.05) is 6.92 Å². The summed E-state index contributed by atoms with van der Waals surface area (Å²) in [5.74, 6) is 0.254. The van der Waals surface area contributed by atoms with Crippen LogP contribution in [0.3, 0.4) is 0 Å². The van der Waals surface area contributed by atoms with Gasteiger partial charge in [-0.1, -0.05) is 6.92 Å². The van der Waals surface area contributed by atoms with Crippen molar-refractivity contribution in [3.8, 4) is 0 Å². The van der Waals surface area contributed by atoms with Gasteiger partial charge in [0.05, 0.1) is 0 Å². The van der Waals surface area contributed by atoms with Gasteiger partial charge >= 0.3 is 0 Å². The highest BCUT2D eigenvalue weighted by Gasteiger charge is 2.38. The number of hydrogen-bond donors (Lipinski definition) is 2. The molecule has 7 heteroatoms. The number of ketones is 1. The fourth-order valence-electron chi connectivity index (χ4n) is 1.79. The minimum absolute atomic E-state index is 0.0263. The predicted octanol–water partition coefficient (Wildman–Crippen LogP) is 1.45. The van der Waals surface area contributed by atoms with Crippen molar-refractivity contribution in [2.75, 3.05) is 11.9 Å². The van der Waals surface area contributed by atoms with Crippen molar-refractivity contribution in [3.05, 3.63) is 11.1 Å². The molecule has 2 atom stereocenters. The van der Waals surface area contributed by atoms with Gasteiger partial charge in [-0.3, -0.25) is 14.4 Å². The zero-order valence-electron chi connectivity index (χ0n) is 11.4. The standard InChI is InChI=1S/C13H17N3O3S/c1-7-5-9(7)12(19)14-4-3-11(18)16-13-15-10(6-20-13)8(2)17/h6-7,9H,3-5H2,1-2H3,(H,14,19)(H,15,16,18). The Labute approximate surface area is 121 Å². The van der Waals surface area contributed by atoms with Crippen molar-refractivity contribution in [2.45, 2.75) is 26.7 Å². The minimum Gasteiger partial charge on any atom is -0.355 e. The third kappa shape index (κ3) is 3.86. The van der Waals surface area contributed by atoms with Gasteiger partial charge in [0.2, 0.25) is 11.8 Å². The monoisotopic (exact) mass is 295 g/mol. The van der Waals surface area contributed by atoms with Crippen LogP contribution in [-0.2, 0) is 9.59 Å². The molecular weight excluding hydrogens is 278 g/mol. The SMILES string of the molecule is CC(=O)c1csc(NC(=O)CCNC(=O)C2CC2C)n1. The van der Waals surface area contributed by atoms with Crippen LogP contribution in [0.25, 0.3) is 0 Å². The van der Waals surface area contributed by atoms with Crippen molar-refractivity contribution in [2.24, 2.45) is 11.8 Å². The molecule has 2 unspecified atom stereocenters. The van der Waals surface area contributed by atoms with Crippen LogP contribution in [0, 0.1) is 11.8 Å². The van der Waals surface area contributed by atoms with E-state index < -0.39 is 0 Å². The number of anilines is 1. The molecule has 0 radical (unpaired) electrons. The molecule has 2 N–H and O–H groups in total. The van der Waals surface area contributed by atoms with E-state index in [1.165, 1.54) is 18.3 Å². The van der Waals surface area contributed by atoms with E-state index in [1.54, 1.807) is 5.38 Å². The minimum atomic E-state index is -0.224. The van der Waals surface area contributed by atoms with Crippen LogP contribution in [0.1, 0.15) is 37.2 Å². The lowest BCUT2D eigenvalue weighted by Crippen LogP contribution is -2.29. The van der Waals surface area contributed by atoms with E-state index in [2.05, 4.69) is 15.6 Å². The Morgan fingerprint density at radius 1 is 1.45 bits per heavy atom. The molecule has 2 rings (SSSR count). The second-order valence-corrected chi connectivity index (χ2v) is 5.86. The number of rotatable bonds is 6. The highest BCUT2D eigenvalue weighted by Crippen LogP contribution is 2.37. The molecule has 0 bridgehead atoms. The first kappa shape index (κ1) is 14.6. The molecule has 20 heavy (non-hydrogen) atoms. The summed E-state index contributed by atoms with van der Waals surface area (Å²) in [7, 11) is 0. The van der Waals surface area contributed by atoms with E-state index in [0.717, 1.165) is 6.42 Å². The second kappa shape index (κ2) is 6.13. The molecule has 1 aliphatic rings. The van der Waals surface area contributed by atoms with Crippen LogP contribution in [0.2, 0.25) is 0 Å². The Kier molecular flexibility index (Phi) is 4.49. The predicted molar refractivity (Wildman–Crippen MR) is 75.6 cm³/mol. The summed E-state index contributed by atoms with van der Waals surface area (Å²) >= 11 is 1.21. The van der Waals surface area contributed by atoms with Crippen molar-refractivity contribution >= 4 is 34.1 Å². The normalized spacial score (nSPS) is 20.3. The molecule has 6 nitrogen and oxygen atoms in total. The lowest BCUT2D eigenvalue weighted by molar-refractivity contribution is -0.122. The Bertz CT molecular complexity index is 541. The summed E-state index contributed by atoms with van der Waals surface area (Å²) in [6, 6.07) is 0. The molecule has 108 valence electrons. The number of Topliss-reactive ketones (excluding diaryl/α,β-unsaturated/α-hetero) is 1. The van der Waals surface area contributed by atoms with Gasteiger partial charge in [-0.2, -0.15) is 0 Å². The quantitative estimate of drug-likeness (QED) is 0.777. The summed E-state index contributed by atoms with van der Waals surface area (Å²) in [5.41, 5.74) is 0.348. The zero-order valence-corrected chi connectivity index (χ0v) is 12.3. The summed E-state index contributed by atoms with van der Waals surface area (Å²) in [5, 5.41) is 7.36. The highest BCUT2D eigenvalue weighted by atomic mass is 32.1. The molecule has 0 aromatic carbocycles. The Morgan fingerprint density at radius 3 is 2.70 bits per heavy atom. The van der Waals surface area contributed by atoms with Gasteiger partial charge in [-0.15, -0.1) is 11.3 Å². The molecule has 2 amide bonds. The Morgan fingerprint density at radius 2 is 2.15 bits per heavy atom. The van der Waals surface area contributed by atoms with E-state index in [0.29, 0.717) is 23.3 Å². The molecule has 0 spiro atoms. The summed E-state index contributed by atoms with van der Waals surface area (Å²) < 4.78 is 0. The first-order valence-electron chi connectivity index (χ1n) is 6.51. The fraction of sp³-hybridized carbons (Fsp3) is 0.538. The number of hydrogen-bond acceptors (Lipinski definition) is 5. The van der Waals surface area contributed by atoms with Crippen molar-refractivity contribution < 1.29 is 14.4 Å². The molecule has 1 aromatic rings. The molecule has 0 aliphatic heterocycles. The molecule has 0 saturated heterocycles. The van der Waals surface area contributed by atoms with Gasteiger partial charge in [0.25, 0.3) is 0 Å². The third-order valence-corrected chi connectivity index (χ3v) is 3.97. The van der Waals surface area contributed by atoms with Gasteiger partial charge in [0, 0.05) is 31.2 Å².